The monoisotopic (exact) mass is 189 g/mol. The number of nitrogens with one attached hydrogen (secondary N) is 1. The van der Waals surface area contributed by atoms with E-state index in [2.05, 4.69) is 10.1 Å². The summed E-state index contributed by atoms with van der Waals surface area (Å²) in [6.07, 6.45) is -0.522. The molecule has 0 saturated heterocycles. The lowest BCUT2D eigenvalue weighted by Gasteiger charge is -2.09. The Morgan fingerprint density at radius 3 is 2.23 bits per heavy atom. The van der Waals surface area contributed by atoms with Crippen molar-refractivity contribution < 1.29 is 19.0 Å². The Labute approximate surface area is 77.7 Å². The van der Waals surface area contributed by atoms with Crippen LogP contribution < -0.4 is 5.32 Å². The maximum atomic E-state index is 10.9. The van der Waals surface area contributed by atoms with Gasteiger partial charge in [-0.15, -0.1) is 0 Å². The Kier molecular flexibility index (Phi) is 5.50. The number of hydrogen-bond donors (Lipinski definition) is 1. The second kappa shape index (κ2) is 6.16. The number of hydrogen-bond acceptors (Lipinski definition) is 4. The van der Waals surface area contributed by atoms with E-state index in [1.54, 1.807) is 13.8 Å². The summed E-state index contributed by atoms with van der Waals surface area (Å²) in [5.41, 5.74) is 0.475. The fraction of sp³-hybridized carbons (Fsp3) is 0.625. The smallest absolute Gasteiger partial charge is 0.411 e. The number of alkyl carbamates (subject to hydrolysis) is 1. The van der Waals surface area contributed by atoms with Crippen molar-refractivity contribution in [2.75, 3.05) is 20.8 Å². The highest BCUT2D eigenvalue weighted by Crippen LogP contribution is 2.02. The zero-order chi connectivity index (χ0) is 10.3. The summed E-state index contributed by atoms with van der Waals surface area (Å²) < 4.78 is 14.3. The lowest BCUT2D eigenvalue weighted by Crippen LogP contribution is -2.24. The van der Waals surface area contributed by atoms with Gasteiger partial charge in [0.2, 0.25) is 0 Å². The van der Waals surface area contributed by atoms with Crippen molar-refractivity contribution in [2.45, 2.75) is 13.8 Å². The fourth-order valence-corrected chi connectivity index (χ4v) is 0.761. The molecule has 0 unspecified atom stereocenters. The van der Waals surface area contributed by atoms with E-state index in [1.165, 1.54) is 14.2 Å². The van der Waals surface area contributed by atoms with Gasteiger partial charge in [0.1, 0.15) is 0 Å². The number of carbonyl (C=O) groups is 1. The summed E-state index contributed by atoms with van der Waals surface area (Å²) in [5.74, 6) is 0.257. The molecule has 0 aliphatic carbocycles. The molecule has 0 aromatic carbocycles. The molecule has 5 nitrogen and oxygen atoms in total. The van der Waals surface area contributed by atoms with Crippen molar-refractivity contribution in [3.63, 3.8) is 0 Å². The number of allylic oxidation sites excluding steroid dienone is 1. The maximum absolute atomic E-state index is 10.9. The first kappa shape index (κ1) is 11.6. The molecule has 0 aliphatic rings. The van der Waals surface area contributed by atoms with Gasteiger partial charge in [-0.2, -0.15) is 0 Å². The summed E-state index contributed by atoms with van der Waals surface area (Å²) in [6.45, 7) is 3.71. The predicted molar refractivity (Wildman–Crippen MR) is 46.9 cm³/mol. The lowest BCUT2D eigenvalue weighted by atomic mass is 10.5. The molecule has 1 N–H and O–H groups in total. The summed E-state index contributed by atoms with van der Waals surface area (Å²) in [4.78, 5) is 10.9. The van der Waals surface area contributed by atoms with E-state index in [0.717, 1.165) is 0 Å². The average Bonchev–Trinajstić information content (AvgIpc) is 2.06. The minimum Gasteiger partial charge on any atom is -0.468 e. The van der Waals surface area contributed by atoms with Crippen LogP contribution in [-0.4, -0.2) is 26.9 Å². The van der Waals surface area contributed by atoms with Crippen LogP contribution in [0.25, 0.3) is 0 Å². The van der Waals surface area contributed by atoms with Crippen molar-refractivity contribution in [2.24, 2.45) is 0 Å². The minimum atomic E-state index is -0.522. The highest BCUT2D eigenvalue weighted by Gasteiger charge is 2.06. The highest BCUT2D eigenvalue weighted by atomic mass is 16.7. The minimum absolute atomic E-state index is 0.257. The van der Waals surface area contributed by atoms with Crippen LogP contribution in [0.2, 0.25) is 0 Å². The highest BCUT2D eigenvalue weighted by molar-refractivity contribution is 5.69. The second-order valence-electron chi connectivity index (χ2n) is 2.17. The molecular weight excluding hydrogens is 174 g/mol. The molecule has 0 aliphatic heterocycles. The average molecular weight is 189 g/mol. The number of carbonyl (C=O) groups excluding carboxylic acids is 1. The normalized spacial score (nSPS) is 8.62. The molecule has 0 radical (unpaired) electrons. The summed E-state index contributed by atoms with van der Waals surface area (Å²) in [6, 6.07) is 0. The molecule has 13 heavy (non-hydrogen) atoms. The van der Waals surface area contributed by atoms with Gasteiger partial charge in [0.15, 0.2) is 0 Å². The van der Waals surface area contributed by atoms with E-state index in [4.69, 9.17) is 9.47 Å². The van der Waals surface area contributed by atoms with Gasteiger partial charge >= 0.3 is 6.09 Å². The van der Waals surface area contributed by atoms with Gasteiger partial charge in [0.25, 0.3) is 5.95 Å². The molecule has 5 heteroatoms. The topological polar surface area (TPSA) is 56.8 Å². The molecule has 0 rings (SSSR count). The first-order valence-corrected chi connectivity index (χ1v) is 3.88. The van der Waals surface area contributed by atoms with E-state index in [9.17, 15) is 4.79 Å². The number of methoxy groups -OCH3 is 2. The molecule has 76 valence electrons. The van der Waals surface area contributed by atoms with Gasteiger partial charge in [0, 0.05) is 0 Å². The zero-order valence-corrected chi connectivity index (χ0v) is 8.34. The van der Waals surface area contributed by atoms with Gasteiger partial charge in [-0.3, -0.25) is 5.32 Å². The third kappa shape index (κ3) is 4.25. The van der Waals surface area contributed by atoms with Crippen LogP contribution in [0.1, 0.15) is 13.8 Å². The fourth-order valence-electron chi connectivity index (χ4n) is 0.761. The third-order valence-corrected chi connectivity index (χ3v) is 1.24. The van der Waals surface area contributed by atoms with Crippen molar-refractivity contribution in [3.05, 3.63) is 11.6 Å². The first-order chi connectivity index (χ1) is 6.15. The molecule has 0 spiro atoms. The predicted octanol–water partition coefficient (Wildman–Crippen LogP) is 1.21. The summed E-state index contributed by atoms with van der Waals surface area (Å²) >= 11 is 0. The third-order valence-electron chi connectivity index (χ3n) is 1.24. The number of amides is 1. The largest absolute Gasteiger partial charge is 0.468 e. The van der Waals surface area contributed by atoms with Crippen molar-refractivity contribution in [1.82, 2.24) is 5.32 Å². The summed E-state index contributed by atoms with van der Waals surface area (Å²) in [5, 5.41) is 2.45. The maximum Gasteiger partial charge on any atom is 0.411 e. The van der Waals surface area contributed by atoms with E-state index in [1.807, 2.05) is 0 Å². The van der Waals surface area contributed by atoms with E-state index in [0.29, 0.717) is 12.3 Å². The van der Waals surface area contributed by atoms with Gasteiger partial charge in [-0.25, -0.2) is 4.79 Å². The van der Waals surface area contributed by atoms with Gasteiger partial charge < -0.3 is 14.2 Å². The lowest BCUT2D eigenvalue weighted by molar-refractivity contribution is 0.0873. The molecule has 1 amide bonds. The molecule has 0 fully saturated rings. The van der Waals surface area contributed by atoms with Crippen LogP contribution in [0.4, 0.5) is 4.79 Å². The molecule has 0 atom stereocenters. The Hall–Kier alpha value is -1.39. The Bertz CT molecular complexity index is 194. The van der Waals surface area contributed by atoms with Crippen molar-refractivity contribution >= 4 is 6.09 Å². The van der Waals surface area contributed by atoms with Crippen LogP contribution in [0.5, 0.6) is 0 Å². The summed E-state index contributed by atoms with van der Waals surface area (Å²) in [7, 11) is 2.91. The van der Waals surface area contributed by atoms with Gasteiger partial charge in [0.05, 0.1) is 26.5 Å². The molecule has 0 aromatic heterocycles. The van der Waals surface area contributed by atoms with E-state index < -0.39 is 6.09 Å². The van der Waals surface area contributed by atoms with Gasteiger partial charge in [-0.05, 0) is 13.8 Å². The molecule has 0 bridgehead atoms. The molecule has 0 heterocycles. The Balaban J connectivity index is 4.17. The Morgan fingerprint density at radius 2 is 1.85 bits per heavy atom. The standard InChI is InChI=1S/C8H15NO4/c1-5-13-8(10)9-6(2)7(11-3)12-4/h5H2,1-4H3,(H,9,10). The zero-order valence-electron chi connectivity index (χ0n) is 8.34. The van der Waals surface area contributed by atoms with Crippen LogP contribution in [0.15, 0.2) is 11.6 Å². The van der Waals surface area contributed by atoms with Crippen LogP contribution >= 0.6 is 0 Å². The van der Waals surface area contributed by atoms with Crippen LogP contribution in [0, 0.1) is 0 Å². The SMILES string of the molecule is CCOC(=O)NC(C)=C(OC)OC. The van der Waals surface area contributed by atoms with Crippen LogP contribution in [-0.2, 0) is 14.2 Å². The Morgan fingerprint density at radius 1 is 1.31 bits per heavy atom. The van der Waals surface area contributed by atoms with Gasteiger partial charge in [-0.1, -0.05) is 0 Å². The molecule has 0 saturated carbocycles. The number of ether oxygens (including phenoxy) is 3. The molecule has 0 aromatic rings. The van der Waals surface area contributed by atoms with E-state index in [-0.39, 0.29) is 5.95 Å². The first-order valence-electron chi connectivity index (χ1n) is 3.88. The second-order valence-corrected chi connectivity index (χ2v) is 2.17. The van der Waals surface area contributed by atoms with Crippen LogP contribution in [0.3, 0.4) is 0 Å². The quantitative estimate of drug-likeness (QED) is 0.675. The van der Waals surface area contributed by atoms with Crippen molar-refractivity contribution in [3.8, 4) is 0 Å². The number of rotatable bonds is 4. The van der Waals surface area contributed by atoms with Crippen molar-refractivity contribution in [1.29, 1.82) is 0 Å². The van der Waals surface area contributed by atoms with E-state index >= 15 is 0 Å². The molecular formula is C8H15NO4.